The molecular formula is C15H12BrFN2. The van der Waals surface area contributed by atoms with Crippen molar-refractivity contribution in [3.8, 4) is 6.07 Å². The highest BCUT2D eigenvalue weighted by Gasteiger charge is 2.04. The summed E-state index contributed by atoms with van der Waals surface area (Å²) in [6.07, 6.45) is 0. The summed E-state index contributed by atoms with van der Waals surface area (Å²) in [6.45, 7) is 1.26. The molecule has 2 aromatic carbocycles. The molecule has 0 amide bonds. The zero-order valence-corrected chi connectivity index (χ0v) is 11.7. The predicted molar refractivity (Wildman–Crippen MR) is 75.8 cm³/mol. The van der Waals surface area contributed by atoms with Crippen molar-refractivity contribution in [3.05, 3.63) is 69.4 Å². The third kappa shape index (κ3) is 3.63. The van der Waals surface area contributed by atoms with Crippen molar-refractivity contribution in [2.24, 2.45) is 0 Å². The number of hydrogen-bond donors (Lipinski definition) is 1. The Labute approximate surface area is 120 Å². The minimum absolute atomic E-state index is 0.252. The fraction of sp³-hybridized carbons (Fsp3) is 0.133. The second-order valence-corrected chi connectivity index (χ2v) is 4.92. The van der Waals surface area contributed by atoms with Crippen LogP contribution >= 0.6 is 15.9 Å². The van der Waals surface area contributed by atoms with Crippen LogP contribution in [0.5, 0.6) is 0 Å². The Morgan fingerprint density at radius 2 is 1.84 bits per heavy atom. The lowest BCUT2D eigenvalue weighted by molar-refractivity contribution is 0.612. The van der Waals surface area contributed by atoms with Gasteiger partial charge in [0.1, 0.15) is 5.82 Å². The van der Waals surface area contributed by atoms with Crippen LogP contribution < -0.4 is 5.32 Å². The molecule has 4 heteroatoms. The van der Waals surface area contributed by atoms with Gasteiger partial charge in [-0.3, -0.25) is 0 Å². The Morgan fingerprint density at radius 1 is 1.11 bits per heavy atom. The lowest BCUT2D eigenvalue weighted by atomic mass is 10.1. The Kier molecular flexibility index (Phi) is 4.67. The van der Waals surface area contributed by atoms with E-state index in [1.807, 2.05) is 18.2 Å². The molecule has 2 nitrogen and oxygen atoms in total. The van der Waals surface area contributed by atoms with Gasteiger partial charge in [0.15, 0.2) is 0 Å². The van der Waals surface area contributed by atoms with E-state index in [-0.39, 0.29) is 5.82 Å². The Hall–Kier alpha value is -1.70. The monoisotopic (exact) mass is 318 g/mol. The largest absolute Gasteiger partial charge is 0.309 e. The fourth-order valence-electron chi connectivity index (χ4n) is 1.72. The molecule has 96 valence electrons. The molecule has 0 radical (unpaired) electrons. The van der Waals surface area contributed by atoms with Gasteiger partial charge in [-0.05, 0) is 45.3 Å². The number of nitrogens with zero attached hydrogens (tertiary/aromatic N) is 1. The zero-order valence-electron chi connectivity index (χ0n) is 10.2. The molecular weight excluding hydrogens is 307 g/mol. The average molecular weight is 319 g/mol. The quantitative estimate of drug-likeness (QED) is 0.932. The van der Waals surface area contributed by atoms with Crippen LogP contribution in [0, 0.1) is 17.1 Å². The van der Waals surface area contributed by atoms with E-state index < -0.39 is 0 Å². The average Bonchev–Trinajstić information content (AvgIpc) is 2.44. The van der Waals surface area contributed by atoms with Crippen molar-refractivity contribution >= 4 is 15.9 Å². The van der Waals surface area contributed by atoms with Gasteiger partial charge in [0.05, 0.1) is 16.1 Å². The Balaban J connectivity index is 1.93. The van der Waals surface area contributed by atoms with Crippen molar-refractivity contribution in [1.82, 2.24) is 5.32 Å². The van der Waals surface area contributed by atoms with Crippen LogP contribution in [0.4, 0.5) is 4.39 Å². The van der Waals surface area contributed by atoms with Gasteiger partial charge in [-0.15, -0.1) is 0 Å². The van der Waals surface area contributed by atoms with Crippen molar-refractivity contribution < 1.29 is 4.39 Å². The summed E-state index contributed by atoms with van der Waals surface area (Å²) in [5.41, 5.74) is 2.62. The highest BCUT2D eigenvalue weighted by molar-refractivity contribution is 9.10. The summed E-state index contributed by atoms with van der Waals surface area (Å²) in [5, 5.41) is 11.9. The van der Waals surface area contributed by atoms with Crippen molar-refractivity contribution in [1.29, 1.82) is 5.26 Å². The molecule has 0 bridgehead atoms. The van der Waals surface area contributed by atoms with Gasteiger partial charge >= 0.3 is 0 Å². The first-order chi connectivity index (χ1) is 9.20. The summed E-state index contributed by atoms with van der Waals surface area (Å²) in [7, 11) is 0. The van der Waals surface area contributed by atoms with Gasteiger partial charge in [-0.25, -0.2) is 4.39 Å². The third-order valence-corrected chi connectivity index (χ3v) is 3.65. The number of hydrogen-bond acceptors (Lipinski definition) is 2. The standard InChI is InChI=1S/C15H12BrFN2/c16-15-13(2-1-3-14(15)17)10-19-9-12-6-4-11(8-18)5-7-12/h1-7,19H,9-10H2. The summed E-state index contributed by atoms with van der Waals surface area (Å²) >= 11 is 3.23. The molecule has 0 aliphatic carbocycles. The van der Waals surface area contributed by atoms with E-state index in [9.17, 15) is 4.39 Å². The van der Waals surface area contributed by atoms with E-state index in [2.05, 4.69) is 27.3 Å². The van der Waals surface area contributed by atoms with Crippen LogP contribution in [-0.2, 0) is 13.1 Å². The van der Waals surface area contributed by atoms with Crippen LogP contribution in [0.25, 0.3) is 0 Å². The molecule has 2 aromatic rings. The van der Waals surface area contributed by atoms with Crippen LogP contribution in [0.1, 0.15) is 16.7 Å². The molecule has 2 rings (SSSR count). The maximum absolute atomic E-state index is 13.3. The molecule has 0 saturated heterocycles. The Morgan fingerprint density at radius 3 is 2.53 bits per heavy atom. The highest BCUT2D eigenvalue weighted by Crippen LogP contribution is 2.20. The Bertz CT molecular complexity index is 603. The smallest absolute Gasteiger partial charge is 0.137 e. The van der Waals surface area contributed by atoms with Gasteiger partial charge < -0.3 is 5.32 Å². The van der Waals surface area contributed by atoms with Gasteiger partial charge in [0.2, 0.25) is 0 Å². The lowest BCUT2D eigenvalue weighted by Gasteiger charge is -2.07. The van der Waals surface area contributed by atoms with E-state index in [4.69, 9.17) is 5.26 Å². The highest BCUT2D eigenvalue weighted by atomic mass is 79.9. The van der Waals surface area contributed by atoms with Gasteiger partial charge in [0, 0.05) is 13.1 Å². The topological polar surface area (TPSA) is 35.8 Å². The van der Waals surface area contributed by atoms with Crippen molar-refractivity contribution in [3.63, 3.8) is 0 Å². The molecule has 0 saturated carbocycles. The molecule has 0 atom stereocenters. The number of nitriles is 1. The van der Waals surface area contributed by atoms with Crippen LogP contribution in [0.2, 0.25) is 0 Å². The molecule has 0 aromatic heterocycles. The number of nitrogens with one attached hydrogen (secondary N) is 1. The zero-order chi connectivity index (χ0) is 13.7. The van der Waals surface area contributed by atoms with Gasteiger partial charge in [0.25, 0.3) is 0 Å². The van der Waals surface area contributed by atoms with Gasteiger partial charge in [-0.1, -0.05) is 24.3 Å². The summed E-state index contributed by atoms with van der Waals surface area (Å²) in [5.74, 6) is -0.252. The molecule has 0 aliphatic heterocycles. The first-order valence-corrected chi connectivity index (χ1v) is 6.62. The second-order valence-electron chi connectivity index (χ2n) is 4.13. The summed E-state index contributed by atoms with van der Waals surface area (Å²) in [6, 6.07) is 14.5. The maximum atomic E-state index is 13.3. The molecule has 19 heavy (non-hydrogen) atoms. The first-order valence-electron chi connectivity index (χ1n) is 5.83. The minimum atomic E-state index is -0.252. The first kappa shape index (κ1) is 13.7. The van der Waals surface area contributed by atoms with E-state index in [1.54, 1.807) is 18.2 Å². The van der Waals surface area contributed by atoms with Crippen LogP contribution in [0.3, 0.4) is 0 Å². The molecule has 0 unspecified atom stereocenters. The number of halogens is 2. The van der Waals surface area contributed by atoms with E-state index in [0.717, 1.165) is 11.1 Å². The molecule has 0 heterocycles. The lowest BCUT2D eigenvalue weighted by Crippen LogP contribution is -2.13. The SMILES string of the molecule is N#Cc1ccc(CNCc2cccc(F)c2Br)cc1. The normalized spacial score (nSPS) is 10.2. The molecule has 0 fully saturated rings. The predicted octanol–water partition coefficient (Wildman–Crippen LogP) is 3.75. The molecule has 1 N–H and O–H groups in total. The minimum Gasteiger partial charge on any atom is -0.309 e. The van der Waals surface area contributed by atoms with E-state index in [1.165, 1.54) is 6.07 Å². The van der Waals surface area contributed by atoms with E-state index >= 15 is 0 Å². The summed E-state index contributed by atoms with van der Waals surface area (Å²) in [4.78, 5) is 0. The van der Waals surface area contributed by atoms with Crippen molar-refractivity contribution in [2.75, 3.05) is 0 Å². The van der Waals surface area contributed by atoms with Crippen LogP contribution in [-0.4, -0.2) is 0 Å². The van der Waals surface area contributed by atoms with Crippen molar-refractivity contribution in [2.45, 2.75) is 13.1 Å². The molecule has 0 spiro atoms. The third-order valence-electron chi connectivity index (χ3n) is 2.76. The van der Waals surface area contributed by atoms with E-state index in [0.29, 0.717) is 23.1 Å². The van der Waals surface area contributed by atoms with Crippen LogP contribution in [0.15, 0.2) is 46.9 Å². The second kappa shape index (κ2) is 6.46. The summed E-state index contributed by atoms with van der Waals surface area (Å²) < 4.78 is 13.8. The fourth-order valence-corrected chi connectivity index (χ4v) is 2.13. The van der Waals surface area contributed by atoms with Gasteiger partial charge in [-0.2, -0.15) is 5.26 Å². The number of benzene rings is 2. The molecule has 0 aliphatic rings. The maximum Gasteiger partial charge on any atom is 0.137 e. The number of rotatable bonds is 4.